The highest BCUT2D eigenvalue weighted by Gasteiger charge is 2.17. The van der Waals surface area contributed by atoms with E-state index in [2.05, 4.69) is 9.97 Å². The lowest BCUT2D eigenvalue weighted by atomic mass is 10.1. The zero-order valence-electron chi connectivity index (χ0n) is 16.4. The standard InChI is InChI=1S/C18H26N6O6/c19-13(18(29)30)3-1-2-6-22(9-14-20-4-7-23(14)11-16(25)26)10-15-21-5-8-24(15)12-17(27)28/h4-5,7-8,13H,1-3,6,9-12,19H2,(H,25,26)(H,27,28)(H,29,30)/t13-/m1/s1. The first kappa shape index (κ1) is 23.0. The summed E-state index contributed by atoms with van der Waals surface area (Å²) in [4.78, 5) is 43.4. The van der Waals surface area contributed by atoms with Crippen molar-refractivity contribution >= 4 is 17.9 Å². The monoisotopic (exact) mass is 422 g/mol. The van der Waals surface area contributed by atoms with E-state index in [4.69, 9.17) is 21.1 Å². The quantitative estimate of drug-likeness (QED) is 0.299. The predicted molar refractivity (Wildman–Crippen MR) is 103 cm³/mol. The van der Waals surface area contributed by atoms with Crippen molar-refractivity contribution in [1.29, 1.82) is 0 Å². The Bertz CT molecular complexity index is 807. The minimum atomic E-state index is -1.04. The summed E-state index contributed by atoms with van der Waals surface area (Å²) in [6, 6.07) is -0.914. The summed E-state index contributed by atoms with van der Waals surface area (Å²) in [5, 5.41) is 27.0. The van der Waals surface area contributed by atoms with Crippen LogP contribution in [0.2, 0.25) is 0 Å². The van der Waals surface area contributed by atoms with E-state index in [1.807, 2.05) is 4.90 Å². The molecule has 0 aliphatic rings. The number of carboxylic acid groups (broad SMARTS) is 3. The summed E-state index contributed by atoms with van der Waals surface area (Å²) in [6.45, 7) is 0.761. The van der Waals surface area contributed by atoms with Gasteiger partial charge in [0, 0.05) is 24.8 Å². The van der Waals surface area contributed by atoms with Gasteiger partial charge in [-0.3, -0.25) is 19.3 Å². The zero-order valence-corrected chi connectivity index (χ0v) is 16.4. The van der Waals surface area contributed by atoms with Crippen LogP contribution in [0, 0.1) is 0 Å². The van der Waals surface area contributed by atoms with Gasteiger partial charge in [0.15, 0.2) is 0 Å². The Balaban J connectivity index is 2.07. The van der Waals surface area contributed by atoms with Crippen molar-refractivity contribution in [3.63, 3.8) is 0 Å². The molecule has 0 spiro atoms. The minimum Gasteiger partial charge on any atom is -0.480 e. The maximum Gasteiger partial charge on any atom is 0.323 e. The predicted octanol–water partition coefficient (Wildman–Crippen LogP) is -0.167. The highest BCUT2D eigenvalue weighted by molar-refractivity contribution is 5.72. The molecule has 12 nitrogen and oxygen atoms in total. The minimum absolute atomic E-state index is 0.218. The molecule has 2 rings (SSSR count). The van der Waals surface area contributed by atoms with Gasteiger partial charge >= 0.3 is 17.9 Å². The van der Waals surface area contributed by atoms with Gasteiger partial charge in [0.05, 0.1) is 13.1 Å². The zero-order chi connectivity index (χ0) is 22.1. The average molecular weight is 422 g/mol. The summed E-state index contributed by atoms with van der Waals surface area (Å²) in [6.07, 6.45) is 7.79. The second-order valence-electron chi connectivity index (χ2n) is 6.88. The van der Waals surface area contributed by atoms with Crippen molar-refractivity contribution in [3.05, 3.63) is 36.4 Å². The van der Waals surface area contributed by atoms with Crippen LogP contribution >= 0.6 is 0 Å². The number of aliphatic carboxylic acids is 3. The molecule has 2 aromatic rings. The van der Waals surface area contributed by atoms with Gasteiger partial charge in [0.1, 0.15) is 30.8 Å². The number of imidazole rings is 2. The van der Waals surface area contributed by atoms with E-state index >= 15 is 0 Å². The number of nitrogens with zero attached hydrogens (tertiary/aromatic N) is 5. The molecule has 0 amide bonds. The smallest absolute Gasteiger partial charge is 0.323 e. The lowest BCUT2D eigenvalue weighted by Crippen LogP contribution is -2.31. The van der Waals surface area contributed by atoms with Crippen molar-refractivity contribution in [1.82, 2.24) is 24.0 Å². The molecule has 0 aromatic carbocycles. The van der Waals surface area contributed by atoms with Gasteiger partial charge in [-0.25, -0.2) is 9.97 Å². The third kappa shape index (κ3) is 7.29. The lowest BCUT2D eigenvalue weighted by Gasteiger charge is -2.22. The first-order valence-corrected chi connectivity index (χ1v) is 9.40. The van der Waals surface area contributed by atoms with Crippen molar-refractivity contribution in [3.8, 4) is 0 Å². The molecule has 0 saturated heterocycles. The molecule has 0 saturated carbocycles. The number of hydrogen-bond acceptors (Lipinski definition) is 7. The molecule has 2 aromatic heterocycles. The van der Waals surface area contributed by atoms with Gasteiger partial charge in [0.25, 0.3) is 0 Å². The fraction of sp³-hybridized carbons (Fsp3) is 0.500. The third-order valence-electron chi connectivity index (χ3n) is 4.50. The van der Waals surface area contributed by atoms with Gasteiger partial charge in [-0.05, 0) is 19.4 Å². The highest BCUT2D eigenvalue weighted by atomic mass is 16.4. The van der Waals surface area contributed by atoms with E-state index in [0.29, 0.717) is 50.5 Å². The van der Waals surface area contributed by atoms with Crippen LogP contribution in [-0.4, -0.2) is 69.8 Å². The van der Waals surface area contributed by atoms with Gasteiger partial charge in [-0.1, -0.05) is 6.42 Å². The lowest BCUT2D eigenvalue weighted by molar-refractivity contribution is -0.139. The van der Waals surface area contributed by atoms with Crippen LogP contribution in [-0.2, 0) is 40.6 Å². The summed E-state index contributed by atoms with van der Waals surface area (Å²) in [5.74, 6) is -1.91. The van der Waals surface area contributed by atoms with Gasteiger partial charge < -0.3 is 30.2 Å². The van der Waals surface area contributed by atoms with E-state index in [1.165, 1.54) is 21.5 Å². The molecule has 30 heavy (non-hydrogen) atoms. The van der Waals surface area contributed by atoms with E-state index in [1.54, 1.807) is 12.4 Å². The summed E-state index contributed by atoms with van der Waals surface area (Å²) in [7, 11) is 0. The van der Waals surface area contributed by atoms with Crippen LogP contribution in [0.15, 0.2) is 24.8 Å². The van der Waals surface area contributed by atoms with Crippen LogP contribution in [0.5, 0.6) is 0 Å². The Hall–Kier alpha value is -3.25. The van der Waals surface area contributed by atoms with E-state index in [0.717, 1.165) is 0 Å². The number of nitrogens with two attached hydrogens (primary N) is 1. The van der Waals surface area contributed by atoms with E-state index in [-0.39, 0.29) is 13.1 Å². The van der Waals surface area contributed by atoms with Crippen LogP contribution in [0.3, 0.4) is 0 Å². The summed E-state index contributed by atoms with van der Waals surface area (Å²) >= 11 is 0. The van der Waals surface area contributed by atoms with Crippen LogP contribution in [0.1, 0.15) is 30.9 Å². The number of carbonyl (C=O) groups is 3. The van der Waals surface area contributed by atoms with Crippen LogP contribution in [0.25, 0.3) is 0 Å². The molecule has 0 unspecified atom stereocenters. The Morgan fingerprint density at radius 1 is 0.933 bits per heavy atom. The molecular formula is C18H26N6O6. The molecule has 12 heteroatoms. The van der Waals surface area contributed by atoms with Gasteiger partial charge in [-0.15, -0.1) is 0 Å². The van der Waals surface area contributed by atoms with E-state index < -0.39 is 23.9 Å². The molecule has 0 aliphatic carbocycles. The molecule has 2 heterocycles. The normalized spacial score (nSPS) is 12.2. The molecule has 1 atom stereocenters. The second-order valence-corrected chi connectivity index (χ2v) is 6.88. The fourth-order valence-corrected chi connectivity index (χ4v) is 3.00. The largest absolute Gasteiger partial charge is 0.480 e. The second kappa shape index (κ2) is 11.1. The Morgan fingerprint density at radius 3 is 1.87 bits per heavy atom. The molecule has 0 aliphatic heterocycles. The summed E-state index contributed by atoms with van der Waals surface area (Å²) < 4.78 is 3.05. The number of hydrogen-bond donors (Lipinski definition) is 4. The maximum absolute atomic E-state index is 11.0. The topological polar surface area (TPSA) is 177 Å². The number of unbranched alkanes of at least 4 members (excludes halogenated alkanes) is 1. The van der Waals surface area contributed by atoms with Gasteiger partial charge in [0.2, 0.25) is 0 Å². The third-order valence-corrected chi connectivity index (χ3v) is 4.50. The number of rotatable bonds is 14. The van der Waals surface area contributed by atoms with Crippen LogP contribution in [0.4, 0.5) is 0 Å². The number of aromatic nitrogens is 4. The van der Waals surface area contributed by atoms with Crippen molar-refractivity contribution in [2.45, 2.75) is 51.5 Å². The first-order valence-electron chi connectivity index (χ1n) is 9.40. The summed E-state index contributed by atoms with van der Waals surface area (Å²) in [5.41, 5.74) is 5.53. The average Bonchev–Trinajstić information content (AvgIpc) is 3.27. The highest BCUT2D eigenvalue weighted by Crippen LogP contribution is 2.11. The molecule has 0 radical (unpaired) electrons. The van der Waals surface area contributed by atoms with Crippen LogP contribution < -0.4 is 5.73 Å². The fourth-order valence-electron chi connectivity index (χ4n) is 3.00. The molecule has 164 valence electrons. The van der Waals surface area contributed by atoms with Crippen molar-refractivity contribution < 1.29 is 29.7 Å². The van der Waals surface area contributed by atoms with Crippen molar-refractivity contribution in [2.75, 3.05) is 6.54 Å². The van der Waals surface area contributed by atoms with Gasteiger partial charge in [-0.2, -0.15) is 0 Å². The SMILES string of the molecule is N[C@H](CCCCN(Cc1nccn1CC(=O)O)Cc1nccn1CC(=O)O)C(=O)O. The first-order chi connectivity index (χ1) is 14.3. The molecule has 0 bridgehead atoms. The molecular weight excluding hydrogens is 396 g/mol. The van der Waals surface area contributed by atoms with E-state index in [9.17, 15) is 14.4 Å². The Kier molecular flexibility index (Phi) is 8.50. The number of carboxylic acids is 3. The Morgan fingerprint density at radius 2 is 1.43 bits per heavy atom. The molecule has 5 N–H and O–H groups in total. The Labute approximate surface area is 172 Å². The molecule has 0 fully saturated rings. The van der Waals surface area contributed by atoms with Crippen molar-refractivity contribution in [2.24, 2.45) is 5.73 Å². The maximum atomic E-state index is 11.0.